The lowest BCUT2D eigenvalue weighted by Gasteiger charge is -2.14. The van der Waals surface area contributed by atoms with Crippen molar-refractivity contribution in [1.29, 1.82) is 0 Å². The Bertz CT molecular complexity index is 983. The van der Waals surface area contributed by atoms with Gasteiger partial charge in [-0.15, -0.1) is 0 Å². The van der Waals surface area contributed by atoms with Crippen molar-refractivity contribution in [3.8, 4) is 11.1 Å². The Morgan fingerprint density at radius 2 is 1.64 bits per heavy atom. The fourth-order valence-corrected chi connectivity index (χ4v) is 4.01. The highest BCUT2D eigenvalue weighted by atomic mass is 79.9. The van der Waals surface area contributed by atoms with Crippen molar-refractivity contribution in [2.45, 2.75) is 5.92 Å². The van der Waals surface area contributed by atoms with E-state index in [1.54, 1.807) is 0 Å². The van der Waals surface area contributed by atoms with Crippen LogP contribution < -0.4 is 5.32 Å². The number of halogens is 1. The minimum atomic E-state index is -0.402. The Morgan fingerprint density at radius 1 is 0.964 bits per heavy atom. The maximum absolute atomic E-state index is 12.1. The van der Waals surface area contributed by atoms with Gasteiger partial charge in [-0.1, -0.05) is 88.7 Å². The van der Waals surface area contributed by atoms with E-state index < -0.39 is 6.09 Å². The Kier molecular flexibility index (Phi) is 5.58. The molecule has 4 rings (SSSR count). The molecule has 1 amide bonds. The first-order chi connectivity index (χ1) is 13.7. The van der Waals surface area contributed by atoms with E-state index in [9.17, 15) is 4.79 Å². The molecule has 1 aliphatic rings. The third-order valence-electron chi connectivity index (χ3n) is 4.87. The highest BCUT2D eigenvalue weighted by Crippen LogP contribution is 2.44. The second kappa shape index (κ2) is 8.44. The molecule has 0 saturated heterocycles. The number of alkyl carbamates (subject to hydrolysis) is 1. The van der Waals surface area contributed by atoms with Gasteiger partial charge in [-0.2, -0.15) is 0 Å². The molecule has 3 aromatic rings. The number of nitrogens with one attached hydrogen (secondary N) is 1. The normalized spacial score (nSPS) is 12.6. The van der Waals surface area contributed by atoms with Crippen LogP contribution in [0.3, 0.4) is 0 Å². The standard InChI is InChI=1S/C24H20BrNO2/c25-18-9-5-7-17(15-18)8-6-14-26-24(27)28-16-23-21-12-3-1-10-19(21)20-11-2-4-13-22(20)23/h1-13,15,23H,14,16H2,(H,26,27). The lowest BCUT2D eigenvalue weighted by atomic mass is 9.98. The molecule has 0 bridgehead atoms. The Balaban J connectivity index is 1.34. The molecule has 0 radical (unpaired) electrons. The Labute approximate surface area is 173 Å². The first-order valence-electron chi connectivity index (χ1n) is 9.23. The summed E-state index contributed by atoms with van der Waals surface area (Å²) in [5.74, 6) is 0.0790. The van der Waals surface area contributed by atoms with E-state index in [0.29, 0.717) is 13.2 Å². The van der Waals surface area contributed by atoms with Crippen LogP contribution in [0.5, 0.6) is 0 Å². The van der Waals surface area contributed by atoms with Crippen molar-refractivity contribution < 1.29 is 9.53 Å². The minimum Gasteiger partial charge on any atom is -0.449 e. The van der Waals surface area contributed by atoms with Gasteiger partial charge in [0.15, 0.2) is 0 Å². The summed E-state index contributed by atoms with van der Waals surface area (Å²) < 4.78 is 6.55. The van der Waals surface area contributed by atoms with Gasteiger partial charge in [0.2, 0.25) is 0 Å². The number of ether oxygens (including phenoxy) is 1. The minimum absolute atomic E-state index is 0.0790. The highest BCUT2D eigenvalue weighted by Gasteiger charge is 2.28. The molecule has 140 valence electrons. The summed E-state index contributed by atoms with van der Waals surface area (Å²) >= 11 is 3.45. The molecule has 28 heavy (non-hydrogen) atoms. The second-order valence-corrected chi connectivity index (χ2v) is 7.58. The number of carbonyl (C=O) groups is 1. The van der Waals surface area contributed by atoms with E-state index in [1.807, 2.05) is 60.7 Å². The molecule has 4 heteroatoms. The quantitative estimate of drug-likeness (QED) is 0.535. The first kappa shape index (κ1) is 18.5. The van der Waals surface area contributed by atoms with Crippen LogP contribution in [0.25, 0.3) is 17.2 Å². The van der Waals surface area contributed by atoms with E-state index in [4.69, 9.17) is 4.74 Å². The van der Waals surface area contributed by atoms with E-state index in [0.717, 1.165) is 10.0 Å². The van der Waals surface area contributed by atoms with Crippen LogP contribution in [0.2, 0.25) is 0 Å². The topological polar surface area (TPSA) is 38.3 Å². The van der Waals surface area contributed by atoms with Crippen LogP contribution in [-0.2, 0) is 4.74 Å². The SMILES string of the molecule is O=C(NCC=Cc1cccc(Br)c1)OCC1c2ccccc2-c2ccccc21. The second-order valence-electron chi connectivity index (χ2n) is 6.66. The largest absolute Gasteiger partial charge is 0.449 e. The smallest absolute Gasteiger partial charge is 0.407 e. The monoisotopic (exact) mass is 433 g/mol. The molecule has 0 aliphatic heterocycles. The fraction of sp³-hybridized carbons (Fsp3) is 0.125. The molecule has 0 spiro atoms. The zero-order valence-electron chi connectivity index (χ0n) is 15.3. The van der Waals surface area contributed by atoms with Crippen molar-refractivity contribution in [2.24, 2.45) is 0 Å². The first-order valence-corrected chi connectivity index (χ1v) is 10.0. The van der Waals surface area contributed by atoms with Gasteiger partial charge in [0.25, 0.3) is 0 Å². The lowest BCUT2D eigenvalue weighted by molar-refractivity contribution is 0.144. The number of benzene rings is 3. The fourth-order valence-electron chi connectivity index (χ4n) is 3.60. The van der Waals surface area contributed by atoms with Crippen LogP contribution in [0.15, 0.2) is 83.3 Å². The molecule has 1 aliphatic carbocycles. The molecule has 0 aromatic heterocycles. The number of hydrogen-bond acceptors (Lipinski definition) is 2. The van der Waals surface area contributed by atoms with Gasteiger partial charge < -0.3 is 10.1 Å². The summed E-state index contributed by atoms with van der Waals surface area (Å²) in [7, 11) is 0. The van der Waals surface area contributed by atoms with Crippen molar-refractivity contribution in [3.05, 3.63) is 100 Å². The van der Waals surface area contributed by atoms with Gasteiger partial charge in [-0.05, 0) is 39.9 Å². The summed E-state index contributed by atoms with van der Waals surface area (Å²) in [5, 5.41) is 2.78. The van der Waals surface area contributed by atoms with Crippen LogP contribution in [0, 0.1) is 0 Å². The van der Waals surface area contributed by atoms with Gasteiger partial charge in [0.05, 0.1) is 0 Å². The summed E-state index contributed by atoms with van der Waals surface area (Å²) in [5.41, 5.74) is 5.95. The van der Waals surface area contributed by atoms with Gasteiger partial charge in [0, 0.05) is 16.9 Å². The third kappa shape index (κ3) is 4.02. The zero-order chi connectivity index (χ0) is 19.3. The van der Waals surface area contributed by atoms with Gasteiger partial charge in [0.1, 0.15) is 6.61 Å². The molecule has 3 aromatic carbocycles. The molecular formula is C24H20BrNO2. The van der Waals surface area contributed by atoms with Crippen LogP contribution >= 0.6 is 15.9 Å². The molecule has 0 heterocycles. The molecule has 0 atom stereocenters. The summed E-state index contributed by atoms with van der Waals surface area (Å²) in [6.07, 6.45) is 3.47. The van der Waals surface area contributed by atoms with Crippen molar-refractivity contribution in [3.63, 3.8) is 0 Å². The van der Waals surface area contributed by atoms with E-state index in [1.165, 1.54) is 22.3 Å². The highest BCUT2D eigenvalue weighted by molar-refractivity contribution is 9.10. The predicted octanol–water partition coefficient (Wildman–Crippen LogP) is 6.00. The van der Waals surface area contributed by atoms with Gasteiger partial charge >= 0.3 is 6.09 Å². The molecule has 0 fully saturated rings. The predicted molar refractivity (Wildman–Crippen MR) is 116 cm³/mol. The van der Waals surface area contributed by atoms with Crippen LogP contribution in [-0.4, -0.2) is 19.2 Å². The molecule has 3 nitrogen and oxygen atoms in total. The summed E-state index contributed by atoms with van der Waals surface area (Å²) in [6, 6.07) is 24.6. The van der Waals surface area contributed by atoms with Crippen molar-refractivity contribution in [2.75, 3.05) is 13.2 Å². The number of rotatable bonds is 5. The van der Waals surface area contributed by atoms with E-state index >= 15 is 0 Å². The number of hydrogen-bond donors (Lipinski definition) is 1. The summed E-state index contributed by atoms with van der Waals surface area (Å²) in [4.78, 5) is 12.1. The third-order valence-corrected chi connectivity index (χ3v) is 5.36. The number of amides is 1. The lowest BCUT2D eigenvalue weighted by Crippen LogP contribution is -2.26. The Hall–Kier alpha value is -2.85. The van der Waals surface area contributed by atoms with E-state index in [-0.39, 0.29) is 5.92 Å². The van der Waals surface area contributed by atoms with Crippen LogP contribution in [0.4, 0.5) is 4.79 Å². The van der Waals surface area contributed by atoms with Crippen LogP contribution in [0.1, 0.15) is 22.6 Å². The maximum Gasteiger partial charge on any atom is 0.407 e. The molecule has 0 unspecified atom stereocenters. The maximum atomic E-state index is 12.1. The number of carbonyl (C=O) groups excluding carboxylic acids is 1. The Morgan fingerprint density at radius 3 is 2.32 bits per heavy atom. The molecule has 0 saturated carbocycles. The average molecular weight is 434 g/mol. The average Bonchev–Trinajstić information content (AvgIpc) is 3.04. The van der Waals surface area contributed by atoms with Gasteiger partial charge in [-0.3, -0.25) is 0 Å². The molecular weight excluding hydrogens is 414 g/mol. The number of fused-ring (bicyclic) bond motifs is 3. The molecule has 1 N–H and O–H groups in total. The van der Waals surface area contributed by atoms with E-state index in [2.05, 4.69) is 45.5 Å². The van der Waals surface area contributed by atoms with Crippen molar-refractivity contribution >= 4 is 28.1 Å². The zero-order valence-corrected chi connectivity index (χ0v) is 16.9. The van der Waals surface area contributed by atoms with Gasteiger partial charge in [-0.25, -0.2) is 4.79 Å². The summed E-state index contributed by atoms with van der Waals surface area (Å²) in [6.45, 7) is 0.748. The van der Waals surface area contributed by atoms with Crippen molar-refractivity contribution in [1.82, 2.24) is 5.32 Å².